The molecule has 0 aromatic heterocycles. The average Bonchev–Trinajstić information content (AvgIpc) is 2.88. The van der Waals surface area contributed by atoms with Crippen LogP contribution in [0.4, 0.5) is 8.78 Å². The van der Waals surface area contributed by atoms with Gasteiger partial charge in [-0.1, -0.05) is 18.2 Å². The molecule has 2 nitrogen and oxygen atoms in total. The van der Waals surface area contributed by atoms with E-state index in [9.17, 15) is 8.78 Å². The minimum atomic E-state index is -2.39. The van der Waals surface area contributed by atoms with E-state index in [1.165, 1.54) is 6.07 Å². The van der Waals surface area contributed by atoms with E-state index in [1.54, 1.807) is 12.1 Å². The van der Waals surface area contributed by atoms with E-state index in [-0.39, 0.29) is 5.56 Å². The number of hydrogen-bond donors (Lipinski definition) is 1. The standard InChI is InChI=1S/C14H19F2NO/c15-14(16)12-4-1-3-11(9-12)10-17-7-6-13-5-2-8-18-13/h1,3-4,9,13-14,17H,2,5-8,10H2. The molecule has 0 radical (unpaired) electrons. The molecule has 2 rings (SSSR count). The highest BCUT2D eigenvalue weighted by Gasteiger charge is 2.14. The van der Waals surface area contributed by atoms with Crippen LogP contribution in [0.1, 0.15) is 36.8 Å². The van der Waals surface area contributed by atoms with Crippen molar-refractivity contribution in [2.45, 2.75) is 38.3 Å². The Morgan fingerprint density at radius 3 is 3.00 bits per heavy atom. The van der Waals surface area contributed by atoms with E-state index in [0.29, 0.717) is 12.6 Å². The van der Waals surface area contributed by atoms with Gasteiger partial charge in [0, 0.05) is 18.7 Å². The fourth-order valence-corrected chi connectivity index (χ4v) is 2.21. The quantitative estimate of drug-likeness (QED) is 0.788. The SMILES string of the molecule is FC(F)c1cccc(CNCCC2CCCO2)c1. The van der Waals surface area contributed by atoms with E-state index >= 15 is 0 Å². The highest BCUT2D eigenvalue weighted by Crippen LogP contribution is 2.19. The van der Waals surface area contributed by atoms with Gasteiger partial charge in [-0.3, -0.25) is 0 Å². The summed E-state index contributed by atoms with van der Waals surface area (Å²) in [6.45, 7) is 2.37. The summed E-state index contributed by atoms with van der Waals surface area (Å²) in [5.41, 5.74) is 0.994. The maximum absolute atomic E-state index is 12.5. The molecular formula is C14H19F2NO. The summed E-state index contributed by atoms with van der Waals surface area (Å²) in [6, 6.07) is 6.56. The second kappa shape index (κ2) is 6.81. The van der Waals surface area contributed by atoms with Crippen LogP contribution < -0.4 is 5.32 Å². The largest absolute Gasteiger partial charge is 0.378 e. The number of hydrogen-bond acceptors (Lipinski definition) is 2. The molecule has 4 heteroatoms. The van der Waals surface area contributed by atoms with Gasteiger partial charge in [-0.15, -0.1) is 0 Å². The molecular weight excluding hydrogens is 236 g/mol. The lowest BCUT2D eigenvalue weighted by atomic mass is 10.1. The van der Waals surface area contributed by atoms with Crippen molar-refractivity contribution >= 4 is 0 Å². The van der Waals surface area contributed by atoms with E-state index < -0.39 is 6.43 Å². The summed E-state index contributed by atoms with van der Waals surface area (Å²) in [5.74, 6) is 0. The summed E-state index contributed by atoms with van der Waals surface area (Å²) in [5, 5.41) is 3.27. The Labute approximate surface area is 106 Å². The fourth-order valence-electron chi connectivity index (χ4n) is 2.21. The van der Waals surface area contributed by atoms with Gasteiger partial charge in [0.25, 0.3) is 6.43 Å². The minimum Gasteiger partial charge on any atom is -0.378 e. The molecule has 1 aromatic rings. The minimum absolute atomic E-state index is 0.0911. The van der Waals surface area contributed by atoms with Gasteiger partial charge in [0.1, 0.15) is 0 Å². The number of rotatable bonds is 6. The van der Waals surface area contributed by atoms with Crippen LogP contribution in [-0.4, -0.2) is 19.3 Å². The molecule has 0 bridgehead atoms. The van der Waals surface area contributed by atoms with Gasteiger partial charge < -0.3 is 10.1 Å². The van der Waals surface area contributed by atoms with Crippen LogP contribution in [0.5, 0.6) is 0 Å². The van der Waals surface area contributed by atoms with Crippen molar-refractivity contribution in [1.82, 2.24) is 5.32 Å². The molecule has 0 saturated carbocycles. The molecule has 0 aliphatic carbocycles. The van der Waals surface area contributed by atoms with Gasteiger partial charge in [0.15, 0.2) is 0 Å². The Hall–Kier alpha value is -1.00. The lowest BCUT2D eigenvalue weighted by Gasteiger charge is -2.10. The van der Waals surface area contributed by atoms with Gasteiger partial charge in [0.05, 0.1) is 6.10 Å². The molecule has 0 spiro atoms. The third kappa shape index (κ3) is 4.03. The molecule has 1 heterocycles. The lowest BCUT2D eigenvalue weighted by molar-refractivity contribution is 0.104. The van der Waals surface area contributed by atoms with Crippen molar-refractivity contribution in [2.75, 3.05) is 13.2 Å². The third-order valence-corrected chi connectivity index (χ3v) is 3.20. The first kappa shape index (κ1) is 13.4. The average molecular weight is 255 g/mol. The summed E-state index contributed by atoms with van der Waals surface area (Å²) >= 11 is 0. The first-order valence-corrected chi connectivity index (χ1v) is 6.45. The molecule has 100 valence electrons. The van der Waals surface area contributed by atoms with E-state index in [1.807, 2.05) is 6.07 Å². The number of benzene rings is 1. The maximum Gasteiger partial charge on any atom is 0.263 e. The molecule has 1 N–H and O–H groups in total. The maximum atomic E-state index is 12.5. The number of ether oxygens (including phenoxy) is 1. The van der Waals surface area contributed by atoms with Crippen LogP contribution in [0.25, 0.3) is 0 Å². The molecule has 18 heavy (non-hydrogen) atoms. The first-order valence-electron chi connectivity index (χ1n) is 6.45. The molecule has 1 fully saturated rings. The molecule has 1 aromatic carbocycles. The van der Waals surface area contributed by atoms with Crippen molar-refractivity contribution < 1.29 is 13.5 Å². The number of nitrogens with one attached hydrogen (secondary N) is 1. The second-order valence-corrected chi connectivity index (χ2v) is 4.65. The van der Waals surface area contributed by atoms with Crippen LogP contribution >= 0.6 is 0 Å². The second-order valence-electron chi connectivity index (χ2n) is 4.65. The molecule has 0 amide bonds. The van der Waals surface area contributed by atoms with Gasteiger partial charge in [0.2, 0.25) is 0 Å². The van der Waals surface area contributed by atoms with Crippen molar-refractivity contribution in [3.05, 3.63) is 35.4 Å². The Kier molecular flexibility index (Phi) is 5.08. The lowest BCUT2D eigenvalue weighted by Crippen LogP contribution is -2.19. The molecule has 1 aliphatic heterocycles. The predicted molar refractivity (Wildman–Crippen MR) is 66.7 cm³/mol. The Balaban J connectivity index is 1.70. The van der Waals surface area contributed by atoms with Crippen LogP contribution in [-0.2, 0) is 11.3 Å². The highest BCUT2D eigenvalue weighted by molar-refractivity contribution is 5.24. The van der Waals surface area contributed by atoms with Gasteiger partial charge in [-0.25, -0.2) is 8.78 Å². The zero-order valence-electron chi connectivity index (χ0n) is 10.4. The number of alkyl halides is 2. The van der Waals surface area contributed by atoms with Crippen LogP contribution in [0, 0.1) is 0 Å². The van der Waals surface area contributed by atoms with E-state index in [0.717, 1.165) is 38.0 Å². The monoisotopic (exact) mass is 255 g/mol. The van der Waals surface area contributed by atoms with Crippen molar-refractivity contribution in [3.8, 4) is 0 Å². The normalized spacial score (nSPS) is 19.6. The molecule has 1 unspecified atom stereocenters. The molecule has 1 saturated heterocycles. The van der Waals surface area contributed by atoms with Gasteiger partial charge in [-0.2, -0.15) is 0 Å². The Morgan fingerprint density at radius 1 is 1.39 bits per heavy atom. The van der Waals surface area contributed by atoms with Crippen molar-refractivity contribution in [3.63, 3.8) is 0 Å². The molecule has 1 atom stereocenters. The zero-order valence-corrected chi connectivity index (χ0v) is 10.4. The van der Waals surface area contributed by atoms with Crippen LogP contribution in [0.2, 0.25) is 0 Å². The fraction of sp³-hybridized carbons (Fsp3) is 0.571. The van der Waals surface area contributed by atoms with Gasteiger partial charge >= 0.3 is 0 Å². The topological polar surface area (TPSA) is 21.3 Å². The van der Waals surface area contributed by atoms with Crippen LogP contribution in [0.15, 0.2) is 24.3 Å². The third-order valence-electron chi connectivity index (χ3n) is 3.20. The summed E-state index contributed by atoms with van der Waals surface area (Å²) in [4.78, 5) is 0. The van der Waals surface area contributed by atoms with Crippen molar-refractivity contribution in [2.24, 2.45) is 0 Å². The highest BCUT2D eigenvalue weighted by atomic mass is 19.3. The smallest absolute Gasteiger partial charge is 0.263 e. The Morgan fingerprint density at radius 2 is 2.28 bits per heavy atom. The summed E-state index contributed by atoms with van der Waals surface area (Å²) < 4.78 is 30.5. The predicted octanol–water partition coefficient (Wildman–Crippen LogP) is 3.28. The van der Waals surface area contributed by atoms with Gasteiger partial charge in [-0.05, 0) is 37.4 Å². The van der Waals surface area contributed by atoms with E-state index in [4.69, 9.17) is 4.74 Å². The zero-order chi connectivity index (χ0) is 12.8. The first-order chi connectivity index (χ1) is 8.75. The number of halogens is 2. The van der Waals surface area contributed by atoms with Crippen LogP contribution in [0.3, 0.4) is 0 Å². The Bertz CT molecular complexity index is 365. The summed E-state index contributed by atoms with van der Waals surface area (Å²) in [7, 11) is 0. The van der Waals surface area contributed by atoms with Crippen molar-refractivity contribution in [1.29, 1.82) is 0 Å². The summed E-state index contributed by atoms with van der Waals surface area (Å²) in [6.07, 6.45) is 1.28. The van der Waals surface area contributed by atoms with E-state index in [2.05, 4.69) is 5.32 Å². The molecule has 1 aliphatic rings.